The molecule has 2 N–H and O–H groups in total. The van der Waals surface area contributed by atoms with Crippen molar-refractivity contribution in [3.63, 3.8) is 0 Å². The lowest BCUT2D eigenvalue weighted by Gasteiger charge is -2.09. The molecule has 0 bridgehead atoms. The van der Waals surface area contributed by atoms with E-state index < -0.39 is 0 Å². The zero-order valence-electron chi connectivity index (χ0n) is 22.8. The second-order valence-corrected chi connectivity index (χ2v) is 9.52. The molecule has 6 heteroatoms. The summed E-state index contributed by atoms with van der Waals surface area (Å²) < 4.78 is 11.5. The van der Waals surface area contributed by atoms with Crippen LogP contribution in [-0.2, 0) is 0 Å². The first kappa shape index (κ1) is 30.2. The summed E-state index contributed by atoms with van der Waals surface area (Å²) in [6, 6.07) is 15.6. The van der Waals surface area contributed by atoms with Crippen molar-refractivity contribution in [2.45, 2.75) is 97.3 Å². The second-order valence-electron chi connectivity index (χ2n) is 9.52. The van der Waals surface area contributed by atoms with Gasteiger partial charge in [-0.15, -0.1) is 0 Å². The molecule has 2 aromatic rings. The molecule has 2 aromatic carbocycles. The standard InChI is InChI=1S/C31H46N2O4/c1-3-5-12-24-36-28-20-16-26(17-21-28)30(32-34)14-10-8-7-9-11-15-31(33-35)27-18-22-29(23-19-27)37-25-13-6-4-2/h16-23,34-35H,3-15,24-25H2,1-2H3. The minimum absolute atomic E-state index is 0.713. The van der Waals surface area contributed by atoms with E-state index in [9.17, 15) is 10.4 Å². The average molecular weight is 511 g/mol. The van der Waals surface area contributed by atoms with E-state index in [1.165, 1.54) is 25.7 Å². The molecule has 0 unspecified atom stereocenters. The molecule has 0 saturated carbocycles. The van der Waals surface area contributed by atoms with Crippen LogP contribution in [0.2, 0.25) is 0 Å². The molecule has 0 radical (unpaired) electrons. The van der Waals surface area contributed by atoms with Crippen molar-refractivity contribution in [2.75, 3.05) is 13.2 Å². The number of hydrogen-bond acceptors (Lipinski definition) is 6. The Kier molecular flexibility index (Phi) is 15.6. The van der Waals surface area contributed by atoms with Crippen LogP contribution in [0.1, 0.15) is 108 Å². The average Bonchev–Trinajstić information content (AvgIpc) is 2.94. The lowest BCUT2D eigenvalue weighted by Crippen LogP contribution is -2.03. The molecule has 0 spiro atoms. The van der Waals surface area contributed by atoms with Gasteiger partial charge in [-0.05, 0) is 98.2 Å². The number of nitrogens with zero attached hydrogens (tertiary/aromatic N) is 2. The van der Waals surface area contributed by atoms with Crippen LogP contribution in [-0.4, -0.2) is 35.1 Å². The van der Waals surface area contributed by atoms with Crippen molar-refractivity contribution in [3.05, 3.63) is 59.7 Å². The van der Waals surface area contributed by atoms with Gasteiger partial charge in [0, 0.05) is 0 Å². The highest BCUT2D eigenvalue weighted by molar-refractivity contribution is 6.00. The molecule has 0 aromatic heterocycles. The summed E-state index contributed by atoms with van der Waals surface area (Å²) in [5.74, 6) is 1.71. The fourth-order valence-corrected chi connectivity index (χ4v) is 4.19. The number of hydrogen-bond donors (Lipinski definition) is 2. The fraction of sp³-hybridized carbons (Fsp3) is 0.548. The van der Waals surface area contributed by atoms with Gasteiger partial charge in [0.2, 0.25) is 0 Å². The van der Waals surface area contributed by atoms with Crippen LogP contribution in [0.3, 0.4) is 0 Å². The smallest absolute Gasteiger partial charge is 0.119 e. The van der Waals surface area contributed by atoms with Crippen LogP contribution in [0.5, 0.6) is 11.5 Å². The van der Waals surface area contributed by atoms with Crippen molar-refractivity contribution in [3.8, 4) is 11.5 Å². The molecule has 0 atom stereocenters. The molecule has 0 aliphatic rings. The lowest BCUT2D eigenvalue weighted by atomic mass is 10.0. The highest BCUT2D eigenvalue weighted by Crippen LogP contribution is 2.18. The Morgan fingerprint density at radius 1 is 0.541 bits per heavy atom. The highest BCUT2D eigenvalue weighted by atomic mass is 16.5. The number of ether oxygens (including phenoxy) is 2. The van der Waals surface area contributed by atoms with Crippen LogP contribution in [0.25, 0.3) is 0 Å². The van der Waals surface area contributed by atoms with E-state index in [1.54, 1.807) is 0 Å². The van der Waals surface area contributed by atoms with Crippen molar-refractivity contribution in [1.82, 2.24) is 0 Å². The molecule has 0 fully saturated rings. The van der Waals surface area contributed by atoms with Crippen molar-refractivity contribution >= 4 is 11.4 Å². The zero-order chi connectivity index (χ0) is 26.6. The lowest BCUT2D eigenvalue weighted by molar-refractivity contribution is 0.306. The fourth-order valence-electron chi connectivity index (χ4n) is 4.19. The van der Waals surface area contributed by atoms with E-state index >= 15 is 0 Å². The Labute approximate surface area is 223 Å². The van der Waals surface area contributed by atoms with Crippen LogP contribution in [0, 0.1) is 0 Å². The summed E-state index contributed by atoms with van der Waals surface area (Å²) in [5.41, 5.74) is 3.30. The Morgan fingerprint density at radius 2 is 0.919 bits per heavy atom. The normalized spacial score (nSPS) is 12.1. The molecular formula is C31H46N2O4. The SMILES string of the molecule is CCCCCOc1ccc(C(CCCCCCCC(=NO)c2ccc(OCCCCC)cc2)=NO)cc1. The molecule has 0 amide bonds. The van der Waals surface area contributed by atoms with Gasteiger partial charge in [-0.3, -0.25) is 0 Å². The molecular weight excluding hydrogens is 464 g/mol. The number of benzene rings is 2. The van der Waals surface area contributed by atoms with E-state index in [4.69, 9.17) is 9.47 Å². The minimum atomic E-state index is 0.713. The maximum atomic E-state index is 9.48. The van der Waals surface area contributed by atoms with Gasteiger partial charge in [0.05, 0.1) is 24.6 Å². The molecule has 0 heterocycles. The van der Waals surface area contributed by atoms with Gasteiger partial charge >= 0.3 is 0 Å². The third-order valence-electron chi connectivity index (χ3n) is 6.48. The molecule has 0 saturated heterocycles. The Morgan fingerprint density at radius 3 is 1.27 bits per heavy atom. The monoisotopic (exact) mass is 510 g/mol. The summed E-state index contributed by atoms with van der Waals surface area (Å²) >= 11 is 0. The molecule has 0 aliphatic carbocycles. The third kappa shape index (κ3) is 12.2. The molecule has 204 valence electrons. The summed E-state index contributed by atoms with van der Waals surface area (Å²) in [6.07, 6.45) is 13.5. The maximum absolute atomic E-state index is 9.48. The van der Waals surface area contributed by atoms with Crippen molar-refractivity contribution in [1.29, 1.82) is 0 Å². The largest absolute Gasteiger partial charge is 0.494 e. The summed E-state index contributed by atoms with van der Waals surface area (Å²) in [7, 11) is 0. The first-order chi connectivity index (χ1) is 18.2. The summed E-state index contributed by atoms with van der Waals surface area (Å²) in [4.78, 5) is 0. The Balaban J connectivity index is 1.63. The maximum Gasteiger partial charge on any atom is 0.119 e. The summed E-state index contributed by atoms with van der Waals surface area (Å²) in [6.45, 7) is 5.83. The van der Waals surface area contributed by atoms with Crippen LogP contribution < -0.4 is 9.47 Å². The molecule has 0 aliphatic heterocycles. The minimum Gasteiger partial charge on any atom is -0.494 e. The van der Waals surface area contributed by atoms with Gasteiger partial charge in [0.15, 0.2) is 0 Å². The molecule has 2 rings (SSSR count). The Hall–Kier alpha value is -3.02. The van der Waals surface area contributed by atoms with Gasteiger partial charge < -0.3 is 19.9 Å². The van der Waals surface area contributed by atoms with E-state index in [0.29, 0.717) is 11.4 Å². The van der Waals surface area contributed by atoms with Crippen LogP contribution in [0.15, 0.2) is 58.8 Å². The van der Waals surface area contributed by atoms with E-state index in [1.807, 2.05) is 48.5 Å². The summed E-state index contributed by atoms with van der Waals surface area (Å²) in [5, 5.41) is 26.0. The quantitative estimate of drug-likeness (QED) is 0.0808. The number of unbranched alkanes of at least 4 members (excludes halogenated alkanes) is 8. The van der Waals surface area contributed by atoms with Gasteiger partial charge in [-0.1, -0.05) is 69.1 Å². The molecule has 6 nitrogen and oxygen atoms in total. The van der Waals surface area contributed by atoms with E-state index in [0.717, 1.165) is 93.6 Å². The van der Waals surface area contributed by atoms with Gasteiger partial charge in [0.25, 0.3) is 0 Å². The zero-order valence-corrected chi connectivity index (χ0v) is 22.8. The second kappa shape index (κ2) is 19.1. The van der Waals surface area contributed by atoms with Crippen molar-refractivity contribution in [2.24, 2.45) is 10.3 Å². The van der Waals surface area contributed by atoms with E-state index in [-0.39, 0.29) is 0 Å². The van der Waals surface area contributed by atoms with Gasteiger partial charge in [-0.25, -0.2) is 0 Å². The first-order valence-corrected chi connectivity index (χ1v) is 14.1. The molecule has 37 heavy (non-hydrogen) atoms. The topological polar surface area (TPSA) is 83.6 Å². The highest BCUT2D eigenvalue weighted by Gasteiger charge is 2.07. The van der Waals surface area contributed by atoms with Gasteiger partial charge in [-0.2, -0.15) is 0 Å². The third-order valence-corrected chi connectivity index (χ3v) is 6.48. The predicted molar refractivity (Wildman–Crippen MR) is 152 cm³/mol. The van der Waals surface area contributed by atoms with Crippen LogP contribution in [0.4, 0.5) is 0 Å². The Bertz CT molecular complexity index is 832. The van der Waals surface area contributed by atoms with Gasteiger partial charge in [0.1, 0.15) is 11.5 Å². The predicted octanol–water partition coefficient (Wildman–Crippen LogP) is 8.61. The van der Waals surface area contributed by atoms with Crippen LogP contribution >= 0.6 is 0 Å². The first-order valence-electron chi connectivity index (χ1n) is 14.1. The number of rotatable bonds is 20. The van der Waals surface area contributed by atoms with Crippen molar-refractivity contribution < 1.29 is 19.9 Å². The number of oxime groups is 2. The van der Waals surface area contributed by atoms with E-state index in [2.05, 4.69) is 24.2 Å².